The first-order valence-electron chi connectivity index (χ1n) is 9.66. The van der Waals surface area contributed by atoms with Crippen LogP contribution in [0.4, 0.5) is 17.1 Å². The zero-order valence-corrected chi connectivity index (χ0v) is 18.0. The minimum absolute atomic E-state index is 0.0893. The third-order valence-corrected chi connectivity index (χ3v) is 6.44. The van der Waals surface area contributed by atoms with E-state index in [0.717, 1.165) is 0 Å². The summed E-state index contributed by atoms with van der Waals surface area (Å²) in [6, 6.07) is 21.2. The zero-order valence-electron chi connectivity index (χ0n) is 17.2. The van der Waals surface area contributed by atoms with Gasteiger partial charge in [-0.1, -0.05) is 25.1 Å². The first kappa shape index (κ1) is 22.0. The van der Waals surface area contributed by atoms with Crippen molar-refractivity contribution in [1.29, 1.82) is 0 Å². The Kier molecular flexibility index (Phi) is 6.71. The number of rotatable bonds is 7. The zero-order chi connectivity index (χ0) is 22.4. The topological polar surface area (TPSA) is 95.6 Å². The van der Waals surface area contributed by atoms with Crippen LogP contribution in [0.25, 0.3) is 0 Å². The fourth-order valence-corrected chi connectivity index (χ4v) is 4.00. The van der Waals surface area contributed by atoms with Crippen molar-refractivity contribution in [3.8, 4) is 0 Å². The van der Waals surface area contributed by atoms with Crippen LogP contribution in [0.1, 0.15) is 23.7 Å². The molecule has 0 heterocycles. The van der Waals surface area contributed by atoms with E-state index in [1.54, 1.807) is 55.5 Å². The number of carbonyl (C=O) groups is 2. The summed E-state index contributed by atoms with van der Waals surface area (Å²) in [6.07, 6.45) is 0.380. The number of hydrogen-bond donors (Lipinski definition) is 2. The Bertz CT molecular complexity index is 1160. The van der Waals surface area contributed by atoms with Crippen molar-refractivity contribution in [2.75, 3.05) is 22.0 Å². The molecule has 31 heavy (non-hydrogen) atoms. The van der Waals surface area contributed by atoms with Gasteiger partial charge in [-0.15, -0.1) is 0 Å². The molecule has 0 fully saturated rings. The van der Waals surface area contributed by atoms with Gasteiger partial charge in [0, 0.05) is 30.4 Å². The average molecular weight is 438 g/mol. The Morgan fingerprint density at radius 1 is 0.806 bits per heavy atom. The molecule has 0 radical (unpaired) electrons. The molecule has 3 aromatic carbocycles. The van der Waals surface area contributed by atoms with Crippen LogP contribution in [0, 0.1) is 0 Å². The molecule has 7 nitrogen and oxygen atoms in total. The Morgan fingerprint density at radius 3 is 1.90 bits per heavy atom. The second kappa shape index (κ2) is 9.44. The van der Waals surface area contributed by atoms with Gasteiger partial charge in [0.05, 0.1) is 10.6 Å². The molecule has 2 N–H and O–H groups in total. The number of hydrogen-bond acceptors (Lipinski definition) is 4. The Morgan fingerprint density at radius 2 is 1.35 bits per heavy atom. The third-order valence-electron chi connectivity index (χ3n) is 4.64. The molecule has 0 bridgehead atoms. The van der Waals surface area contributed by atoms with Crippen LogP contribution >= 0.6 is 0 Å². The Hall–Kier alpha value is -3.65. The fourth-order valence-electron chi connectivity index (χ4n) is 2.80. The summed E-state index contributed by atoms with van der Waals surface area (Å²) >= 11 is 0. The molecule has 0 aliphatic rings. The molecule has 0 aromatic heterocycles. The van der Waals surface area contributed by atoms with Gasteiger partial charge in [-0.2, -0.15) is 0 Å². The van der Waals surface area contributed by atoms with Crippen LogP contribution in [0.3, 0.4) is 0 Å². The van der Waals surface area contributed by atoms with Crippen molar-refractivity contribution in [1.82, 2.24) is 0 Å². The number of anilines is 3. The van der Waals surface area contributed by atoms with E-state index in [0.29, 0.717) is 29.0 Å². The lowest BCUT2D eigenvalue weighted by Crippen LogP contribution is -2.26. The van der Waals surface area contributed by atoms with Crippen molar-refractivity contribution in [3.63, 3.8) is 0 Å². The number of benzene rings is 3. The van der Waals surface area contributed by atoms with Crippen LogP contribution in [0.15, 0.2) is 83.8 Å². The minimum Gasteiger partial charge on any atom is -0.326 e. The van der Waals surface area contributed by atoms with Crippen molar-refractivity contribution < 1.29 is 18.0 Å². The lowest BCUT2D eigenvalue weighted by molar-refractivity contribution is -0.115. The van der Waals surface area contributed by atoms with Crippen molar-refractivity contribution in [2.45, 2.75) is 18.2 Å². The molecule has 0 saturated heterocycles. The summed E-state index contributed by atoms with van der Waals surface area (Å²) in [5, 5.41) is 5.48. The summed E-state index contributed by atoms with van der Waals surface area (Å²) in [7, 11) is -2.26. The molecule has 0 aliphatic carbocycles. The van der Waals surface area contributed by atoms with E-state index >= 15 is 0 Å². The van der Waals surface area contributed by atoms with Gasteiger partial charge < -0.3 is 10.6 Å². The van der Waals surface area contributed by atoms with Gasteiger partial charge in [0.25, 0.3) is 15.9 Å². The maximum absolute atomic E-state index is 12.8. The van der Waals surface area contributed by atoms with Crippen LogP contribution in [-0.4, -0.2) is 27.3 Å². The maximum atomic E-state index is 12.8. The first-order chi connectivity index (χ1) is 14.8. The molecule has 160 valence electrons. The number of para-hydroxylation sites is 1. The van der Waals surface area contributed by atoms with Crippen LogP contribution in [0.5, 0.6) is 0 Å². The van der Waals surface area contributed by atoms with Gasteiger partial charge in [0.1, 0.15) is 0 Å². The maximum Gasteiger partial charge on any atom is 0.264 e. The smallest absolute Gasteiger partial charge is 0.264 e. The summed E-state index contributed by atoms with van der Waals surface area (Å²) in [6.45, 7) is 1.76. The highest BCUT2D eigenvalue weighted by Crippen LogP contribution is 2.22. The van der Waals surface area contributed by atoms with Crippen molar-refractivity contribution in [2.24, 2.45) is 0 Å². The van der Waals surface area contributed by atoms with Crippen LogP contribution < -0.4 is 14.9 Å². The molecule has 0 atom stereocenters. The van der Waals surface area contributed by atoms with E-state index < -0.39 is 10.0 Å². The Labute approximate surface area is 181 Å². The molecular weight excluding hydrogens is 414 g/mol. The molecule has 0 unspecified atom stereocenters. The lowest BCUT2D eigenvalue weighted by Gasteiger charge is -2.19. The standard InChI is InChI=1S/C23H23N3O4S/c1-3-22(27)24-18-11-13-19(14-12-18)25-23(28)17-9-15-21(16-10-17)31(29,30)26(2)20-7-5-4-6-8-20/h4-16H,3H2,1-2H3,(H,24,27)(H,25,28). The van der Waals surface area contributed by atoms with Crippen LogP contribution in [-0.2, 0) is 14.8 Å². The highest BCUT2D eigenvalue weighted by Gasteiger charge is 2.21. The van der Waals surface area contributed by atoms with Gasteiger partial charge in [-0.05, 0) is 60.7 Å². The highest BCUT2D eigenvalue weighted by molar-refractivity contribution is 7.92. The molecule has 0 aliphatic heterocycles. The van der Waals surface area contributed by atoms with Gasteiger partial charge in [-0.25, -0.2) is 8.42 Å². The molecule has 0 spiro atoms. The third kappa shape index (κ3) is 5.29. The summed E-state index contributed by atoms with van der Waals surface area (Å²) in [4.78, 5) is 24.0. The van der Waals surface area contributed by atoms with E-state index in [-0.39, 0.29) is 16.7 Å². The monoisotopic (exact) mass is 437 g/mol. The number of carbonyl (C=O) groups excluding carboxylic acids is 2. The highest BCUT2D eigenvalue weighted by atomic mass is 32.2. The summed E-state index contributed by atoms with van der Waals surface area (Å²) in [5.74, 6) is -0.463. The van der Waals surface area contributed by atoms with E-state index in [2.05, 4.69) is 10.6 Å². The second-order valence-electron chi connectivity index (χ2n) is 6.77. The number of sulfonamides is 1. The van der Waals surface area contributed by atoms with E-state index in [1.165, 1.54) is 35.6 Å². The van der Waals surface area contributed by atoms with Crippen LogP contribution in [0.2, 0.25) is 0 Å². The predicted octanol–water partition coefficient (Wildman–Crippen LogP) is 4.11. The molecule has 0 saturated carbocycles. The molecule has 2 amide bonds. The molecular formula is C23H23N3O4S. The first-order valence-corrected chi connectivity index (χ1v) is 11.1. The summed E-state index contributed by atoms with van der Waals surface area (Å²) in [5.41, 5.74) is 2.06. The molecule has 3 rings (SSSR count). The SMILES string of the molecule is CCC(=O)Nc1ccc(NC(=O)c2ccc(S(=O)(=O)N(C)c3ccccc3)cc2)cc1. The fraction of sp³-hybridized carbons (Fsp3) is 0.130. The van der Waals surface area contributed by atoms with Gasteiger partial charge >= 0.3 is 0 Å². The number of nitrogens with zero attached hydrogens (tertiary/aromatic N) is 1. The van der Waals surface area contributed by atoms with Gasteiger partial charge in [0.2, 0.25) is 5.91 Å². The average Bonchev–Trinajstić information content (AvgIpc) is 2.80. The summed E-state index contributed by atoms with van der Waals surface area (Å²) < 4.78 is 26.9. The Balaban J connectivity index is 1.69. The van der Waals surface area contributed by atoms with E-state index in [1.807, 2.05) is 6.07 Å². The quantitative estimate of drug-likeness (QED) is 0.581. The largest absolute Gasteiger partial charge is 0.326 e. The van der Waals surface area contributed by atoms with E-state index in [9.17, 15) is 18.0 Å². The predicted molar refractivity (Wildman–Crippen MR) is 122 cm³/mol. The number of nitrogens with one attached hydrogen (secondary N) is 2. The van der Waals surface area contributed by atoms with Gasteiger partial charge in [0.15, 0.2) is 0 Å². The number of amides is 2. The normalized spacial score (nSPS) is 10.9. The second-order valence-corrected chi connectivity index (χ2v) is 8.73. The molecule has 8 heteroatoms. The van der Waals surface area contributed by atoms with Gasteiger partial charge in [-0.3, -0.25) is 13.9 Å². The van der Waals surface area contributed by atoms with E-state index in [4.69, 9.17) is 0 Å². The molecule has 3 aromatic rings. The van der Waals surface area contributed by atoms with Crippen molar-refractivity contribution in [3.05, 3.63) is 84.4 Å². The van der Waals surface area contributed by atoms with Crippen molar-refractivity contribution >= 4 is 38.9 Å². The lowest BCUT2D eigenvalue weighted by atomic mass is 10.2. The minimum atomic E-state index is -3.74.